The molecule has 1 aromatic heterocycles. The minimum atomic E-state index is 0.871. The van der Waals surface area contributed by atoms with Crippen LogP contribution in [-0.4, -0.2) is 5.33 Å². The second kappa shape index (κ2) is 4.96. The Morgan fingerprint density at radius 1 is 1.64 bits per heavy atom. The number of halogens is 2. The summed E-state index contributed by atoms with van der Waals surface area (Å²) in [5.74, 6) is 0. The van der Waals surface area contributed by atoms with E-state index in [9.17, 15) is 0 Å². The zero-order valence-corrected chi connectivity index (χ0v) is 9.05. The molecule has 0 radical (unpaired) electrons. The molecule has 0 spiro atoms. The van der Waals surface area contributed by atoms with Crippen molar-refractivity contribution in [3.63, 3.8) is 0 Å². The Bertz CT molecular complexity index is 242. The van der Waals surface area contributed by atoms with Crippen molar-refractivity contribution in [1.29, 1.82) is 0 Å². The molecule has 0 nitrogen and oxygen atoms in total. The standard InChI is InChI=1S/C8H8BrClS/c9-5-2-1-3-7-4-6-11-8(7)10/h1,3-4,6H,2,5H2. The molecule has 1 heterocycles. The first-order chi connectivity index (χ1) is 5.34. The molecule has 0 atom stereocenters. The van der Waals surface area contributed by atoms with Crippen LogP contribution >= 0.6 is 38.9 Å². The number of allylic oxidation sites excluding steroid dienone is 1. The van der Waals surface area contributed by atoms with Crippen LogP contribution in [0.4, 0.5) is 0 Å². The molecule has 1 rings (SSSR count). The number of hydrogen-bond acceptors (Lipinski definition) is 1. The fourth-order valence-electron chi connectivity index (χ4n) is 0.695. The second-order valence-electron chi connectivity index (χ2n) is 2.03. The molecule has 0 aromatic carbocycles. The fourth-order valence-corrected chi connectivity index (χ4v) is 1.85. The highest BCUT2D eigenvalue weighted by molar-refractivity contribution is 9.09. The van der Waals surface area contributed by atoms with Crippen molar-refractivity contribution >= 4 is 44.9 Å². The molecule has 3 heteroatoms. The third kappa shape index (κ3) is 2.97. The van der Waals surface area contributed by atoms with Crippen molar-refractivity contribution in [2.75, 3.05) is 5.33 Å². The van der Waals surface area contributed by atoms with Crippen LogP contribution in [0.25, 0.3) is 6.08 Å². The zero-order chi connectivity index (χ0) is 8.10. The van der Waals surface area contributed by atoms with Gasteiger partial charge in [-0.25, -0.2) is 0 Å². The Morgan fingerprint density at radius 3 is 3.00 bits per heavy atom. The predicted octanol–water partition coefficient (Wildman–Crippen LogP) is 4.20. The minimum absolute atomic E-state index is 0.871. The van der Waals surface area contributed by atoms with E-state index in [1.165, 1.54) is 0 Å². The van der Waals surface area contributed by atoms with Crippen molar-refractivity contribution in [2.24, 2.45) is 0 Å². The molecule has 1 aromatic rings. The van der Waals surface area contributed by atoms with Crippen LogP contribution in [0.5, 0.6) is 0 Å². The highest BCUT2D eigenvalue weighted by Gasteiger charge is 1.94. The van der Waals surface area contributed by atoms with E-state index >= 15 is 0 Å². The van der Waals surface area contributed by atoms with Crippen molar-refractivity contribution in [3.8, 4) is 0 Å². The Morgan fingerprint density at radius 2 is 2.45 bits per heavy atom. The zero-order valence-electron chi connectivity index (χ0n) is 5.89. The summed E-state index contributed by atoms with van der Waals surface area (Å²) < 4.78 is 0.871. The Kier molecular flexibility index (Phi) is 4.20. The summed E-state index contributed by atoms with van der Waals surface area (Å²) in [7, 11) is 0. The lowest BCUT2D eigenvalue weighted by molar-refractivity contribution is 1.27. The molecule has 0 aliphatic rings. The maximum atomic E-state index is 5.87. The minimum Gasteiger partial charge on any atom is -0.131 e. The molecule has 0 saturated carbocycles. The van der Waals surface area contributed by atoms with Crippen LogP contribution in [-0.2, 0) is 0 Å². The summed E-state index contributed by atoms with van der Waals surface area (Å²) in [6.07, 6.45) is 5.22. The molecule has 0 saturated heterocycles. The van der Waals surface area contributed by atoms with Gasteiger partial charge in [-0.3, -0.25) is 0 Å². The highest BCUT2D eigenvalue weighted by Crippen LogP contribution is 2.23. The van der Waals surface area contributed by atoms with Gasteiger partial charge in [0.2, 0.25) is 0 Å². The summed E-state index contributed by atoms with van der Waals surface area (Å²) in [5, 5.41) is 3.00. The largest absolute Gasteiger partial charge is 0.131 e. The van der Waals surface area contributed by atoms with Gasteiger partial charge in [0.15, 0.2) is 0 Å². The van der Waals surface area contributed by atoms with Crippen molar-refractivity contribution < 1.29 is 0 Å². The average molecular weight is 252 g/mol. The Labute approximate surface area is 84.0 Å². The van der Waals surface area contributed by atoms with Crippen LogP contribution in [0, 0.1) is 0 Å². The van der Waals surface area contributed by atoms with E-state index in [-0.39, 0.29) is 0 Å². The normalized spacial score (nSPS) is 11.1. The van der Waals surface area contributed by atoms with Gasteiger partial charge in [0.05, 0.1) is 0 Å². The highest BCUT2D eigenvalue weighted by atomic mass is 79.9. The van der Waals surface area contributed by atoms with E-state index in [1.807, 2.05) is 11.4 Å². The van der Waals surface area contributed by atoms with Crippen LogP contribution in [0.15, 0.2) is 17.5 Å². The summed E-state index contributed by atoms with van der Waals surface area (Å²) in [6, 6.07) is 2.03. The van der Waals surface area contributed by atoms with Gasteiger partial charge < -0.3 is 0 Å². The molecule has 0 N–H and O–H groups in total. The molecule has 60 valence electrons. The quantitative estimate of drug-likeness (QED) is 0.706. The SMILES string of the molecule is Clc1sccc1C=CCCBr. The van der Waals surface area contributed by atoms with Crippen molar-refractivity contribution in [1.82, 2.24) is 0 Å². The fraction of sp³-hybridized carbons (Fsp3) is 0.250. The smallest absolute Gasteiger partial charge is 0.100 e. The second-order valence-corrected chi connectivity index (χ2v) is 4.34. The van der Waals surface area contributed by atoms with Gasteiger partial charge in [-0.1, -0.05) is 39.7 Å². The van der Waals surface area contributed by atoms with E-state index in [1.54, 1.807) is 11.3 Å². The van der Waals surface area contributed by atoms with Crippen molar-refractivity contribution in [3.05, 3.63) is 27.4 Å². The topological polar surface area (TPSA) is 0 Å². The third-order valence-electron chi connectivity index (χ3n) is 1.22. The van der Waals surface area contributed by atoms with Gasteiger partial charge in [0.25, 0.3) is 0 Å². The molecule has 0 aliphatic heterocycles. The van der Waals surface area contributed by atoms with Gasteiger partial charge in [-0.05, 0) is 17.9 Å². The van der Waals surface area contributed by atoms with Gasteiger partial charge in [0.1, 0.15) is 4.34 Å². The molecule has 0 amide bonds. The van der Waals surface area contributed by atoms with E-state index in [4.69, 9.17) is 11.6 Å². The maximum Gasteiger partial charge on any atom is 0.100 e. The molecule has 0 aliphatic carbocycles. The lowest BCUT2D eigenvalue weighted by Crippen LogP contribution is -1.66. The Hall–Kier alpha value is 0.210. The number of thiophene rings is 1. The number of rotatable bonds is 3. The molecule has 11 heavy (non-hydrogen) atoms. The Balaban J connectivity index is 2.56. The van der Waals surface area contributed by atoms with Crippen molar-refractivity contribution in [2.45, 2.75) is 6.42 Å². The average Bonchev–Trinajstić information content (AvgIpc) is 2.37. The summed E-state index contributed by atoms with van der Waals surface area (Å²) >= 11 is 10.8. The van der Waals surface area contributed by atoms with Gasteiger partial charge in [-0.15, -0.1) is 11.3 Å². The van der Waals surface area contributed by atoms with Gasteiger partial charge >= 0.3 is 0 Å². The maximum absolute atomic E-state index is 5.87. The van der Waals surface area contributed by atoms with Crippen LogP contribution in [0.1, 0.15) is 12.0 Å². The third-order valence-corrected chi connectivity index (χ3v) is 2.88. The van der Waals surface area contributed by atoms with E-state index < -0.39 is 0 Å². The van der Waals surface area contributed by atoms with Crippen LogP contribution in [0.3, 0.4) is 0 Å². The molecule has 0 unspecified atom stereocenters. The molecular weight excluding hydrogens is 244 g/mol. The van der Waals surface area contributed by atoms with Crippen LogP contribution in [0.2, 0.25) is 4.34 Å². The molecular formula is C8H8BrClS. The summed E-state index contributed by atoms with van der Waals surface area (Å²) in [4.78, 5) is 0. The first kappa shape index (κ1) is 9.30. The van der Waals surface area contributed by atoms with Gasteiger partial charge in [-0.2, -0.15) is 0 Å². The molecule has 0 bridgehead atoms. The lowest BCUT2D eigenvalue weighted by atomic mass is 10.3. The first-order valence-corrected chi connectivity index (χ1v) is 5.68. The number of hydrogen-bond donors (Lipinski definition) is 0. The predicted molar refractivity (Wildman–Crippen MR) is 56.8 cm³/mol. The van der Waals surface area contributed by atoms with E-state index in [2.05, 4.69) is 28.1 Å². The number of alkyl halides is 1. The summed E-state index contributed by atoms with van der Waals surface area (Å²) in [6.45, 7) is 0. The van der Waals surface area contributed by atoms with E-state index in [0.717, 1.165) is 21.7 Å². The summed E-state index contributed by atoms with van der Waals surface area (Å²) in [5.41, 5.74) is 1.12. The molecule has 0 fully saturated rings. The van der Waals surface area contributed by atoms with E-state index in [0.29, 0.717) is 0 Å². The van der Waals surface area contributed by atoms with Gasteiger partial charge in [0, 0.05) is 10.9 Å². The van der Waals surface area contributed by atoms with Crippen LogP contribution < -0.4 is 0 Å². The monoisotopic (exact) mass is 250 g/mol. The first-order valence-electron chi connectivity index (χ1n) is 3.30. The lowest BCUT2D eigenvalue weighted by Gasteiger charge is -1.86.